The summed E-state index contributed by atoms with van der Waals surface area (Å²) in [5.41, 5.74) is 0. The molecule has 2 N–H and O–H groups in total. The van der Waals surface area contributed by atoms with Crippen molar-refractivity contribution in [3.8, 4) is 0 Å². The van der Waals surface area contributed by atoms with Gasteiger partial charge in [-0.15, -0.1) is 0 Å². The standard InChI is InChI=1S/C11H17N3O4/c1-12-3-4-14(8-11(17)18)6-9(5-12)13(2)7-10(15)16/h1-2,9H,3-8H2,(H,15,16)(H,17,18). The third-order valence-electron chi connectivity index (χ3n) is 2.76. The first-order chi connectivity index (χ1) is 8.38. The Labute approximate surface area is 107 Å². The van der Waals surface area contributed by atoms with E-state index in [0.717, 1.165) is 0 Å². The molecule has 1 atom stereocenters. The Morgan fingerprint density at radius 3 is 2.44 bits per heavy atom. The second kappa shape index (κ2) is 6.67. The van der Waals surface area contributed by atoms with Crippen LogP contribution >= 0.6 is 0 Å². The van der Waals surface area contributed by atoms with Crippen LogP contribution in [0.1, 0.15) is 0 Å². The van der Waals surface area contributed by atoms with E-state index in [9.17, 15) is 9.59 Å². The maximum absolute atomic E-state index is 10.7. The van der Waals surface area contributed by atoms with Gasteiger partial charge in [-0.3, -0.25) is 24.3 Å². The number of hydrogen-bond acceptors (Lipinski definition) is 5. The van der Waals surface area contributed by atoms with Gasteiger partial charge < -0.3 is 10.2 Å². The summed E-state index contributed by atoms with van der Waals surface area (Å²) >= 11 is 0. The fourth-order valence-electron chi connectivity index (χ4n) is 1.91. The molecule has 18 heavy (non-hydrogen) atoms. The van der Waals surface area contributed by atoms with E-state index in [1.807, 2.05) is 0 Å². The number of aliphatic carboxylic acids is 2. The quantitative estimate of drug-likeness (QED) is 0.596. The molecule has 0 aromatic rings. The lowest BCUT2D eigenvalue weighted by atomic mass is 10.2. The summed E-state index contributed by atoms with van der Waals surface area (Å²) in [5.74, 6) is -1.96. The van der Waals surface area contributed by atoms with E-state index in [1.165, 1.54) is 9.80 Å². The maximum Gasteiger partial charge on any atom is 0.317 e. The predicted octanol–water partition coefficient (Wildman–Crippen LogP) is -1.22. The second-order valence-electron chi connectivity index (χ2n) is 4.34. The Morgan fingerprint density at radius 1 is 1.22 bits per heavy atom. The Balaban J connectivity index is 2.63. The molecule has 100 valence electrons. The number of carbonyl (C=O) groups is 2. The van der Waals surface area contributed by atoms with Crippen molar-refractivity contribution < 1.29 is 19.8 Å². The first-order valence-electron chi connectivity index (χ1n) is 5.55. The van der Waals surface area contributed by atoms with Crippen molar-refractivity contribution in [3.63, 3.8) is 0 Å². The number of nitrogens with zero attached hydrogens (tertiary/aromatic N) is 3. The van der Waals surface area contributed by atoms with E-state index in [0.29, 0.717) is 26.2 Å². The number of hydrogen-bond donors (Lipinski definition) is 2. The lowest BCUT2D eigenvalue weighted by molar-refractivity contribution is -0.140. The molecule has 1 aliphatic rings. The van der Waals surface area contributed by atoms with Crippen molar-refractivity contribution in [3.05, 3.63) is 14.1 Å². The van der Waals surface area contributed by atoms with E-state index < -0.39 is 11.9 Å². The molecule has 4 radical (unpaired) electrons. The number of carboxylic acid groups (broad SMARTS) is 2. The van der Waals surface area contributed by atoms with Crippen LogP contribution in [0.15, 0.2) is 0 Å². The van der Waals surface area contributed by atoms with E-state index in [-0.39, 0.29) is 19.1 Å². The van der Waals surface area contributed by atoms with Gasteiger partial charge in [0.1, 0.15) is 0 Å². The van der Waals surface area contributed by atoms with Crippen LogP contribution in [0.2, 0.25) is 0 Å². The van der Waals surface area contributed by atoms with Gasteiger partial charge in [-0.1, -0.05) is 0 Å². The average Bonchev–Trinajstić information content (AvgIpc) is 2.39. The molecule has 0 aromatic heterocycles. The highest BCUT2D eigenvalue weighted by Gasteiger charge is 2.26. The zero-order chi connectivity index (χ0) is 13.7. The van der Waals surface area contributed by atoms with Gasteiger partial charge in [0.2, 0.25) is 0 Å². The molecule has 1 fully saturated rings. The lowest BCUT2D eigenvalue weighted by Crippen LogP contribution is -2.46. The van der Waals surface area contributed by atoms with Crippen LogP contribution in [0.3, 0.4) is 0 Å². The van der Waals surface area contributed by atoms with Gasteiger partial charge in [-0.05, 0) is 0 Å². The van der Waals surface area contributed by atoms with Crippen molar-refractivity contribution >= 4 is 11.9 Å². The smallest absolute Gasteiger partial charge is 0.317 e. The maximum atomic E-state index is 10.7. The normalized spacial score (nSPS) is 22.9. The molecule has 1 unspecified atom stereocenters. The summed E-state index contributed by atoms with van der Waals surface area (Å²) in [7, 11) is 11.4. The molecule has 1 saturated heterocycles. The van der Waals surface area contributed by atoms with Gasteiger partial charge in [-0.2, -0.15) is 0 Å². The largest absolute Gasteiger partial charge is 0.480 e. The molecule has 7 nitrogen and oxygen atoms in total. The highest BCUT2D eigenvalue weighted by molar-refractivity contribution is 5.69. The minimum atomic E-state index is -1.03. The highest BCUT2D eigenvalue weighted by Crippen LogP contribution is 2.08. The predicted molar refractivity (Wildman–Crippen MR) is 62.4 cm³/mol. The van der Waals surface area contributed by atoms with Gasteiger partial charge >= 0.3 is 11.9 Å². The van der Waals surface area contributed by atoms with Gasteiger partial charge in [0, 0.05) is 46.3 Å². The zero-order valence-corrected chi connectivity index (χ0v) is 10.0. The molecule has 0 amide bonds. The van der Waals surface area contributed by atoms with E-state index in [2.05, 4.69) is 0 Å². The first-order valence-corrected chi connectivity index (χ1v) is 5.55. The molecule has 1 rings (SSSR count). The highest BCUT2D eigenvalue weighted by atomic mass is 16.4. The molecule has 0 bridgehead atoms. The molecule has 0 aliphatic carbocycles. The number of carboxylic acids is 2. The molecule has 1 aliphatic heterocycles. The topological polar surface area (TPSA) is 84.3 Å². The molecule has 1 heterocycles. The summed E-state index contributed by atoms with van der Waals surface area (Å²) in [6.45, 7) is 1.40. The fraction of sp³-hybridized carbons (Fsp3) is 0.636. The first kappa shape index (κ1) is 14.9. The minimum Gasteiger partial charge on any atom is -0.480 e. The Kier molecular flexibility index (Phi) is 5.52. The van der Waals surface area contributed by atoms with Crippen LogP contribution < -0.4 is 0 Å². The van der Waals surface area contributed by atoms with Crippen molar-refractivity contribution in [2.24, 2.45) is 0 Å². The Morgan fingerprint density at radius 2 is 1.89 bits per heavy atom. The average molecular weight is 255 g/mol. The summed E-state index contributed by atoms with van der Waals surface area (Å²) in [5, 5.41) is 17.5. The molecule has 0 spiro atoms. The molecule has 7 heteroatoms. The summed E-state index contributed by atoms with van der Waals surface area (Å²) in [6.07, 6.45) is 0. The zero-order valence-electron chi connectivity index (χ0n) is 10.0. The summed E-state index contributed by atoms with van der Waals surface area (Å²) in [6, 6.07) is -0.312. The summed E-state index contributed by atoms with van der Waals surface area (Å²) < 4.78 is 0. The Hall–Kier alpha value is -1.18. The number of rotatable bonds is 5. The third kappa shape index (κ3) is 4.99. The van der Waals surface area contributed by atoms with Crippen LogP contribution in [-0.2, 0) is 9.59 Å². The van der Waals surface area contributed by atoms with E-state index in [4.69, 9.17) is 24.3 Å². The van der Waals surface area contributed by atoms with Gasteiger partial charge in [-0.25, -0.2) is 0 Å². The third-order valence-corrected chi connectivity index (χ3v) is 2.76. The van der Waals surface area contributed by atoms with Crippen LogP contribution in [0.25, 0.3) is 0 Å². The van der Waals surface area contributed by atoms with Crippen LogP contribution in [0, 0.1) is 14.1 Å². The van der Waals surface area contributed by atoms with Crippen molar-refractivity contribution in [2.75, 3.05) is 39.3 Å². The monoisotopic (exact) mass is 255 g/mol. The second-order valence-corrected chi connectivity index (χ2v) is 4.34. The molecular weight excluding hydrogens is 238 g/mol. The molecular formula is C11H17N3O4. The van der Waals surface area contributed by atoms with Gasteiger partial charge in [0.05, 0.1) is 13.1 Å². The SMILES string of the molecule is [CH]N1CCN(CC(=O)O)CC(N([CH])CC(=O)O)C1. The minimum absolute atomic E-state index is 0.106. The van der Waals surface area contributed by atoms with E-state index in [1.54, 1.807) is 4.90 Å². The van der Waals surface area contributed by atoms with Crippen molar-refractivity contribution in [1.82, 2.24) is 14.7 Å². The van der Waals surface area contributed by atoms with Crippen LogP contribution in [0.5, 0.6) is 0 Å². The fourth-order valence-corrected chi connectivity index (χ4v) is 1.91. The molecule has 0 saturated carbocycles. The van der Waals surface area contributed by atoms with Gasteiger partial charge in [0.15, 0.2) is 0 Å². The lowest BCUT2D eigenvalue weighted by Gasteiger charge is -2.29. The van der Waals surface area contributed by atoms with Crippen LogP contribution in [-0.4, -0.2) is 82.2 Å². The van der Waals surface area contributed by atoms with Crippen molar-refractivity contribution in [2.45, 2.75) is 6.04 Å². The van der Waals surface area contributed by atoms with Crippen LogP contribution in [0.4, 0.5) is 0 Å². The summed E-state index contributed by atoms with van der Waals surface area (Å²) in [4.78, 5) is 25.7. The van der Waals surface area contributed by atoms with Crippen molar-refractivity contribution in [1.29, 1.82) is 0 Å². The van der Waals surface area contributed by atoms with E-state index >= 15 is 0 Å². The molecule has 0 aromatic carbocycles. The Bertz CT molecular complexity index is 311. The van der Waals surface area contributed by atoms with Gasteiger partial charge in [0.25, 0.3) is 0 Å².